The Morgan fingerprint density at radius 1 is 1.40 bits per heavy atom. The highest BCUT2D eigenvalue weighted by Gasteiger charge is 2.23. The summed E-state index contributed by atoms with van der Waals surface area (Å²) in [6.45, 7) is 4.28. The lowest BCUT2D eigenvalue weighted by Gasteiger charge is -2.24. The highest BCUT2D eigenvalue weighted by atomic mass is 32.2. The summed E-state index contributed by atoms with van der Waals surface area (Å²) in [6.07, 6.45) is 2.07. The fourth-order valence-electron chi connectivity index (χ4n) is 1.37. The molecule has 0 aliphatic carbocycles. The fourth-order valence-corrected chi connectivity index (χ4v) is 1.76. The summed E-state index contributed by atoms with van der Waals surface area (Å²) in [6, 6.07) is 7.69. The first-order chi connectivity index (χ1) is 7.05. The predicted octanol–water partition coefficient (Wildman–Crippen LogP) is 3.16. The van der Waals surface area contributed by atoms with Crippen LogP contribution >= 0.6 is 11.8 Å². The quantitative estimate of drug-likeness (QED) is 0.786. The van der Waals surface area contributed by atoms with Gasteiger partial charge in [0.25, 0.3) is 0 Å². The maximum atomic E-state index is 8.80. The van der Waals surface area contributed by atoms with Crippen LogP contribution in [0.5, 0.6) is 5.75 Å². The van der Waals surface area contributed by atoms with Crippen molar-refractivity contribution in [2.24, 2.45) is 0 Å². The van der Waals surface area contributed by atoms with Crippen LogP contribution in [0.4, 0.5) is 0 Å². The van der Waals surface area contributed by atoms with Gasteiger partial charge in [0, 0.05) is 10.3 Å². The van der Waals surface area contributed by atoms with Crippen LogP contribution in [0.2, 0.25) is 0 Å². The first kappa shape index (κ1) is 11.9. The number of ether oxygens (including phenoxy) is 1. The van der Waals surface area contributed by atoms with Gasteiger partial charge in [-0.05, 0) is 32.2 Å². The zero-order valence-electron chi connectivity index (χ0n) is 9.50. The normalized spacial score (nSPS) is 10.9. The lowest BCUT2D eigenvalue weighted by atomic mass is 9.99. The minimum atomic E-state index is -0.000666. The minimum absolute atomic E-state index is 0.000666. The molecule has 2 nitrogen and oxygen atoms in total. The number of benzene rings is 1. The third-order valence-corrected chi connectivity index (χ3v) is 3.73. The molecule has 1 aromatic carbocycles. The van der Waals surface area contributed by atoms with Crippen LogP contribution in [0.15, 0.2) is 18.2 Å². The molecule has 1 rings (SSSR count). The van der Waals surface area contributed by atoms with Crippen molar-refractivity contribution < 1.29 is 4.74 Å². The molecule has 0 aromatic heterocycles. The molecular weight excluding hydrogens is 206 g/mol. The Balaban J connectivity index is 3.26. The summed E-state index contributed by atoms with van der Waals surface area (Å²) >= 11 is 1.76. The highest BCUT2D eigenvalue weighted by Crippen LogP contribution is 2.39. The van der Waals surface area contributed by atoms with Crippen LogP contribution in [-0.4, -0.2) is 13.4 Å². The molecule has 1 aromatic rings. The van der Waals surface area contributed by atoms with E-state index >= 15 is 0 Å². The van der Waals surface area contributed by atoms with Gasteiger partial charge < -0.3 is 4.74 Å². The number of hydrogen-bond acceptors (Lipinski definition) is 3. The summed E-state index contributed by atoms with van der Waals surface area (Å²) < 4.78 is 5.31. The van der Waals surface area contributed by atoms with Gasteiger partial charge in [-0.15, -0.1) is 0 Å². The van der Waals surface area contributed by atoms with E-state index in [1.807, 2.05) is 12.1 Å². The van der Waals surface area contributed by atoms with Crippen LogP contribution in [-0.2, 0) is 4.75 Å². The van der Waals surface area contributed by atoms with Gasteiger partial charge in [-0.2, -0.15) is 17.0 Å². The number of nitrogens with zero attached hydrogens (tertiary/aromatic N) is 1. The summed E-state index contributed by atoms with van der Waals surface area (Å²) in [7, 11) is 1.64. The lowest BCUT2D eigenvalue weighted by Crippen LogP contribution is -2.12. The third kappa shape index (κ3) is 2.45. The monoisotopic (exact) mass is 221 g/mol. The molecule has 0 spiro atoms. The Hall–Kier alpha value is -1.14. The van der Waals surface area contributed by atoms with E-state index in [-0.39, 0.29) is 4.75 Å². The largest absolute Gasteiger partial charge is 0.496 e. The smallest absolute Gasteiger partial charge is 0.124 e. The van der Waals surface area contributed by atoms with Crippen molar-refractivity contribution >= 4 is 11.8 Å². The summed E-state index contributed by atoms with van der Waals surface area (Å²) in [4.78, 5) is 0. The van der Waals surface area contributed by atoms with Crippen molar-refractivity contribution in [2.75, 3.05) is 13.4 Å². The van der Waals surface area contributed by atoms with Gasteiger partial charge in [0.1, 0.15) is 5.75 Å². The maximum Gasteiger partial charge on any atom is 0.124 e. The predicted molar refractivity (Wildman–Crippen MR) is 64.3 cm³/mol. The molecule has 80 valence electrons. The zero-order chi connectivity index (χ0) is 11.5. The zero-order valence-corrected chi connectivity index (χ0v) is 10.3. The Labute approximate surface area is 95.3 Å². The summed E-state index contributed by atoms with van der Waals surface area (Å²) in [5, 5.41) is 8.80. The fraction of sp³-hybridized carbons (Fsp3) is 0.417. The van der Waals surface area contributed by atoms with Crippen molar-refractivity contribution in [1.82, 2.24) is 0 Å². The molecule has 0 amide bonds. The molecule has 15 heavy (non-hydrogen) atoms. The second-order valence-corrected chi connectivity index (χ2v) is 5.17. The Kier molecular flexibility index (Phi) is 3.65. The van der Waals surface area contributed by atoms with E-state index in [1.165, 1.54) is 0 Å². The average molecular weight is 221 g/mol. The van der Waals surface area contributed by atoms with Gasteiger partial charge >= 0.3 is 0 Å². The van der Waals surface area contributed by atoms with Crippen molar-refractivity contribution in [2.45, 2.75) is 18.6 Å². The summed E-state index contributed by atoms with van der Waals surface area (Å²) in [5.74, 6) is 0.786. The molecule has 0 N–H and O–H groups in total. The molecule has 0 saturated heterocycles. The Morgan fingerprint density at radius 2 is 2.07 bits per heavy atom. The SMILES string of the molecule is COc1cc(C#N)ccc1C(C)(C)SC. The summed E-state index contributed by atoms with van der Waals surface area (Å²) in [5.41, 5.74) is 1.75. The van der Waals surface area contributed by atoms with E-state index in [1.54, 1.807) is 24.9 Å². The molecule has 0 bridgehead atoms. The topological polar surface area (TPSA) is 33.0 Å². The van der Waals surface area contributed by atoms with Gasteiger partial charge in [-0.1, -0.05) is 6.07 Å². The molecule has 0 heterocycles. The van der Waals surface area contributed by atoms with E-state index in [0.29, 0.717) is 5.56 Å². The third-order valence-electron chi connectivity index (χ3n) is 2.49. The number of thioether (sulfide) groups is 1. The molecule has 3 heteroatoms. The van der Waals surface area contributed by atoms with E-state index in [4.69, 9.17) is 10.00 Å². The minimum Gasteiger partial charge on any atom is -0.496 e. The lowest BCUT2D eigenvalue weighted by molar-refractivity contribution is 0.405. The van der Waals surface area contributed by atoms with Crippen LogP contribution in [0.3, 0.4) is 0 Å². The van der Waals surface area contributed by atoms with Gasteiger partial charge in [0.05, 0.1) is 18.7 Å². The number of hydrogen-bond donors (Lipinski definition) is 0. The molecule has 0 aliphatic heterocycles. The maximum absolute atomic E-state index is 8.80. The molecule has 0 saturated carbocycles. The van der Waals surface area contributed by atoms with E-state index in [0.717, 1.165) is 11.3 Å². The van der Waals surface area contributed by atoms with E-state index in [9.17, 15) is 0 Å². The first-order valence-electron chi connectivity index (χ1n) is 4.69. The van der Waals surface area contributed by atoms with Gasteiger partial charge in [-0.3, -0.25) is 0 Å². The standard InChI is InChI=1S/C12H15NOS/c1-12(2,15-4)10-6-5-9(8-13)7-11(10)14-3/h5-7H,1-4H3. The van der Waals surface area contributed by atoms with Gasteiger partial charge in [0.15, 0.2) is 0 Å². The van der Waals surface area contributed by atoms with Crippen LogP contribution in [0.1, 0.15) is 25.0 Å². The van der Waals surface area contributed by atoms with E-state index in [2.05, 4.69) is 26.2 Å². The second-order valence-electron chi connectivity index (χ2n) is 3.74. The molecule has 0 radical (unpaired) electrons. The van der Waals surface area contributed by atoms with Crippen LogP contribution in [0.25, 0.3) is 0 Å². The van der Waals surface area contributed by atoms with Crippen LogP contribution < -0.4 is 4.74 Å². The highest BCUT2D eigenvalue weighted by molar-refractivity contribution is 7.99. The number of nitriles is 1. The molecule has 0 fully saturated rings. The molecular formula is C12H15NOS. The molecule has 0 aliphatic rings. The van der Waals surface area contributed by atoms with Crippen molar-refractivity contribution in [1.29, 1.82) is 5.26 Å². The van der Waals surface area contributed by atoms with Crippen LogP contribution in [0, 0.1) is 11.3 Å². The Morgan fingerprint density at radius 3 is 2.53 bits per heavy atom. The van der Waals surface area contributed by atoms with Crippen molar-refractivity contribution in [3.63, 3.8) is 0 Å². The molecule has 0 unspecified atom stereocenters. The average Bonchev–Trinajstić information content (AvgIpc) is 2.28. The number of rotatable bonds is 3. The van der Waals surface area contributed by atoms with Crippen molar-refractivity contribution in [3.05, 3.63) is 29.3 Å². The van der Waals surface area contributed by atoms with Gasteiger partial charge in [0.2, 0.25) is 0 Å². The number of methoxy groups -OCH3 is 1. The van der Waals surface area contributed by atoms with Gasteiger partial charge in [-0.25, -0.2) is 0 Å². The van der Waals surface area contributed by atoms with E-state index < -0.39 is 0 Å². The second kappa shape index (κ2) is 4.59. The van der Waals surface area contributed by atoms with Crippen molar-refractivity contribution in [3.8, 4) is 11.8 Å². The molecule has 0 atom stereocenters. The Bertz CT molecular complexity index is 393. The first-order valence-corrected chi connectivity index (χ1v) is 5.91.